The molecule has 45 heavy (non-hydrogen) atoms. The number of carbonyl (C=O) groups excluding carboxylic acids is 2. The Hall–Kier alpha value is -3.83. The zero-order valence-electron chi connectivity index (χ0n) is 21.9. The number of hydrogen-bond donors (Lipinski definition) is 2. The number of halogens is 13. The SMILES string of the molecule is O=C(NCC1CC1)c1ccc(F)nc1-c1cccc(C(=O)Nc2c(Br)cc(C(F)(C(F)(F)F)C(F)(F)F)cc2C(F)(F)F)c1F. The van der Waals surface area contributed by atoms with Crippen LogP contribution in [0.2, 0.25) is 0 Å². The summed E-state index contributed by atoms with van der Waals surface area (Å²) in [6, 6.07) is 3.42. The first kappa shape index (κ1) is 34.1. The van der Waals surface area contributed by atoms with Gasteiger partial charge in [-0.3, -0.25) is 9.59 Å². The van der Waals surface area contributed by atoms with Crippen molar-refractivity contribution < 1.29 is 62.3 Å². The Morgan fingerprint density at radius 3 is 2.02 bits per heavy atom. The minimum Gasteiger partial charge on any atom is -0.352 e. The first-order valence-electron chi connectivity index (χ1n) is 12.4. The molecular weight excluding hydrogens is 706 g/mol. The fourth-order valence-electron chi connectivity index (χ4n) is 4.19. The summed E-state index contributed by atoms with van der Waals surface area (Å²) in [6.45, 7) is 0.255. The van der Waals surface area contributed by atoms with Gasteiger partial charge in [-0.1, -0.05) is 6.07 Å². The van der Waals surface area contributed by atoms with Crippen molar-refractivity contribution in [1.29, 1.82) is 0 Å². The first-order chi connectivity index (χ1) is 20.7. The van der Waals surface area contributed by atoms with E-state index in [2.05, 4.69) is 26.2 Å². The Balaban J connectivity index is 1.77. The Labute approximate surface area is 253 Å². The topological polar surface area (TPSA) is 71.1 Å². The molecule has 0 bridgehead atoms. The van der Waals surface area contributed by atoms with E-state index in [0.29, 0.717) is 0 Å². The average Bonchev–Trinajstić information content (AvgIpc) is 3.75. The second kappa shape index (κ2) is 11.8. The molecule has 18 heteroatoms. The van der Waals surface area contributed by atoms with Gasteiger partial charge in [-0.2, -0.15) is 43.9 Å². The van der Waals surface area contributed by atoms with Crippen molar-refractivity contribution in [2.75, 3.05) is 11.9 Å². The summed E-state index contributed by atoms with van der Waals surface area (Å²) in [7, 11) is 0. The molecule has 0 atom stereocenters. The van der Waals surface area contributed by atoms with Crippen molar-refractivity contribution in [2.24, 2.45) is 5.92 Å². The van der Waals surface area contributed by atoms with E-state index >= 15 is 4.39 Å². The van der Waals surface area contributed by atoms with Crippen LogP contribution in [-0.2, 0) is 11.8 Å². The minimum absolute atomic E-state index is 0.216. The summed E-state index contributed by atoms with van der Waals surface area (Å²) in [6.07, 6.45) is -17.6. The number of aromatic nitrogens is 1. The summed E-state index contributed by atoms with van der Waals surface area (Å²) in [5.41, 5.74) is -15.2. The van der Waals surface area contributed by atoms with E-state index in [-0.39, 0.29) is 24.1 Å². The van der Waals surface area contributed by atoms with Gasteiger partial charge in [-0.15, -0.1) is 0 Å². The Morgan fingerprint density at radius 1 is 0.844 bits per heavy atom. The highest BCUT2D eigenvalue weighted by Crippen LogP contribution is 2.55. The number of amides is 2. The predicted molar refractivity (Wildman–Crippen MR) is 137 cm³/mol. The maximum Gasteiger partial charge on any atom is 0.435 e. The van der Waals surface area contributed by atoms with Crippen molar-refractivity contribution >= 4 is 33.4 Å². The number of nitrogens with zero attached hydrogens (tertiary/aromatic N) is 1. The standard InChI is InChI=1S/C27H16BrF12N3O2/c28-17-9-12(24(31,26(35,36)37)27(38,39)40)8-16(25(32,33)34)21(17)43-23(45)14-3-1-2-13(19(14)30)20-15(6-7-18(29)42-20)22(44)41-10-11-4-5-11/h1-3,6-9,11H,4-5,10H2,(H,41,44)(H,43,45). The molecule has 4 rings (SSSR count). The van der Waals surface area contributed by atoms with Crippen molar-refractivity contribution in [3.63, 3.8) is 0 Å². The number of anilines is 1. The third-order valence-electron chi connectivity index (χ3n) is 6.67. The lowest BCUT2D eigenvalue weighted by Crippen LogP contribution is -2.50. The van der Waals surface area contributed by atoms with Crippen LogP contribution in [0.4, 0.5) is 58.4 Å². The molecule has 5 nitrogen and oxygen atoms in total. The third kappa shape index (κ3) is 6.74. The highest BCUT2D eigenvalue weighted by Gasteiger charge is 2.73. The number of alkyl halides is 10. The van der Waals surface area contributed by atoms with Crippen LogP contribution in [0.25, 0.3) is 11.3 Å². The molecule has 1 fully saturated rings. The quantitative estimate of drug-likeness (QED) is 0.190. The molecule has 1 aromatic heterocycles. The largest absolute Gasteiger partial charge is 0.435 e. The number of nitrogens with one attached hydrogen (secondary N) is 2. The van der Waals surface area contributed by atoms with Gasteiger partial charge in [0.05, 0.1) is 28.1 Å². The predicted octanol–water partition coefficient (Wildman–Crippen LogP) is 8.49. The van der Waals surface area contributed by atoms with Gasteiger partial charge in [0.2, 0.25) is 5.95 Å². The second-order valence-electron chi connectivity index (χ2n) is 9.84. The molecule has 2 N–H and O–H groups in total. The van der Waals surface area contributed by atoms with E-state index in [0.717, 1.165) is 43.2 Å². The van der Waals surface area contributed by atoms with E-state index in [1.807, 2.05) is 0 Å². The van der Waals surface area contributed by atoms with Crippen molar-refractivity contribution in [3.05, 3.63) is 81.0 Å². The fourth-order valence-corrected chi connectivity index (χ4v) is 4.75. The molecule has 1 aliphatic carbocycles. The summed E-state index contributed by atoms with van der Waals surface area (Å²) in [5, 5.41) is 4.12. The number of rotatable bonds is 7. The van der Waals surface area contributed by atoms with Gasteiger partial charge < -0.3 is 10.6 Å². The molecule has 2 amide bonds. The summed E-state index contributed by atoms with van der Waals surface area (Å²) in [4.78, 5) is 29.2. The Morgan fingerprint density at radius 2 is 1.47 bits per heavy atom. The van der Waals surface area contributed by atoms with Crippen LogP contribution in [0, 0.1) is 17.7 Å². The van der Waals surface area contributed by atoms with Crippen molar-refractivity contribution in [1.82, 2.24) is 10.3 Å². The molecule has 2 aromatic carbocycles. The summed E-state index contributed by atoms with van der Waals surface area (Å²) in [5.74, 6) is -4.96. The highest BCUT2D eigenvalue weighted by atomic mass is 79.9. The zero-order valence-corrected chi connectivity index (χ0v) is 23.5. The molecule has 0 aliphatic heterocycles. The monoisotopic (exact) mass is 721 g/mol. The van der Waals surface area contributed by atoms with Crippen molar-refractivity contribution in [2.45, 2.75) is 37.0 Å². The van der Waals surface area contributed by atoms with Crippen LogP contribution in [0.3, 0.4) is 0 Å². The van der Waals surface area contributed by atoms with Gasteiger partial charge >= 0.3 is 24.2 Å². The zero-order chi connectivity index (χ0) is 33.7. The molecule has 0 radical (unpaired) electrons. The van der Waals surface area contributed by atoms with Crippen LogP contribution in [0.1, 0.15) is 44.7 Å². The molecule has 1 saturated carbocycles. The van der Waals surface area contributed by atoms with E-state index in [4.69, 9.17) is 0 Å². The number of hydrogen-bond acceptors (Lipinski definition) is 3. The van der Waals surface area contributed by atoms with Gasteiger partial charge in [0.25, 0.3) is 11.8 Å². The molecular formula is C27H16BrF12N3O2. The molecule has 1 aliphatic rings. The fraction of sp³-hybridized carbons (Fsp3) is 0.296. The summed E-state index contributed by atoms with van der Waals surface area (Å²) < 4.78 is 164. The Kier molecular flexibility index (Phi) is 8.95. The van der Waals surface area contributed by atoms with Crippen LogP contribution >= 0.6 is 15.9 Å². The van der Waals surface area contributed by atoms with E-state index in [1.54, 1.807) is 5.32 Å². The molecule has 3 aromatic rings. The summed E-state index contributed by atoms with van der Waals surface area (Å²) >= 11 is 2.34. The maximum atomic E-state index is 15.6. The molecule has 0 spiro atoms. The first-order valence-corrected chi connectivity index (χ1v) is 13.2. The number of carbonyl (C=O) groups is 2. The number of pyridine rings is 1. The molecule has 0 unspecified atom stereocenters. The van der Waals surface area contributed by atoms with Gasteiger partial charge in [-0.25, -0.2) is 13.8 Å². The Bertz CT molecular complexity index is 1640. The van der Waals surface area contributed by atoms with E-state index in [1.165, 1.54) is 0 Å². The van der Waals surface area contributed by atoms with E-state index < -0.39 is 92.0 Å². The average molecular weight is 722 g/mol. The van der Waals surface area contributed by atoms with Gasteiger partial charge in [0, 0.05) is 22.1 Å². The molecule has 0 saturated heterocycles. The lowest BCUT2D eigenvalue weighted by atomic mass is 9.92. The van der Waals surface area contributed by atoms with Gasteiger partial charge in [0.1, 0.15) is 5.82 Å². The van der Waals surface area contributed by atoms with Crippen LogP contribution in [0.5, 0.6) is 0 Å². The molecule has 1 heterocycles. The van der Waals surface area contributed by atoms with Crippen LogP contribution in [-0.4, -0.2) is 35.7 Å². The lowest BCUT2D eigenvalue weighted by molar-refractivity contribution is -0.348. The normalized spacial score (nSPS) is 14.3. The maximum absolute atomic E-state index is 15.6. The minimum atomic E-state index is -6.75. The van der Waals surface area contributed by atoms with E-state index in [9.17, 15) is 57.9 Å². The lowest BCUT2D eigenvalue weighted by Gasteiger charge is -2.31. The van der Waals surface area contributed by atoms with Gasteiger partial charge in [0.15, 0.2) is 0 Å². The second-order valence-corrected chi connectivity index (χ2v) is 10.7. The highest BCUT2D eigenvalue weighted by molar-refractivity contribution is 9.10. The van der Waals surface area contributed by atoms with Crippen LogP contribution < -0.4 is 10.6 Å². The number of benzene rings is 2. The van der Waals surface area contributed by atoms with Crippen LogP contribution in [0.15, 0.2) is 46.9 Å². The smallest absolute Gasteiger partial charge is 0.352 e. The van der Waals surface area contributed by atoms with Crippen molar-refractivity contribution in [3.8, 4) is 11.3 Å². The third-order valence-corrected chi connectivity index (χ3v) is 7.29. The molecule has 242 valence electrons. The van der Waals surface area contributed by atoms with Gasteiger partial charge in [-0.05, 0) is 71.1 Å².